The topological polar surface area (TPSA) is 119 Å². The molecule has 0 aromatic rings. The number of carboxylic acid groups (broad SMARTS) is 1. The average molecular weight is 284 g/mol. The van der Waals surface area contributed by atoms with Crippen molar-refractivity contribution in [3.8, 4) is 0 Å². The van der Waals surface area contributed by atoms with Crippen LogP contribution in [-0.4, -0.2) is 42.1 Å². The maximum atomic E-state index is 12.2. The van der Waals surface area contributed by atoms with Gasteiger partial charge in [-0.2, -0.15) is 0 Å². The van der Waals surface area contributed by atoms with Gasteiger partial charge in [-0.3, -0.25) is 9.59 Å². The summed E-state index contributed by atoms with van der Waals surface area (Å²) >= 11 is 0. The molecule has 20 heavy (non-hydrogen) atoms. The molecule has 112 valence electrons. The van der Waals surface area contributed by atoms with Gasteiger partial charge >= 0.3 is 11.9 Å². The molecule has 4 unspecified atom stereocenters. The number of fused-ring (bicyclic) bond motifs is 2. The van der Waals surface area contributed by atoms with Gasteiger partial charge in [0.15, 0.2) is 0 Å². The number of hydrogen-bond donors (Lipinski definition) is 3. The molecule has 0 aliphatic heterocycles. The number of aliphatic carboxylic acids is 1. The second-order valence-electron chi connectivity index (χ2n) is 5.62. The molecule has 2 saturated carbocycles. The summed E-state index contributed by atoms with van der Waals surface area (Å²) in [7, 11) is 1.18. The Balaban J connectivity index is 1.98. The summed E-state index contributed by atoms with van der Waals surface area (Å²) in [5, 5.41) is 11.5. The van der Waals surface area contributed by atoms with E-state index in [1.165, 1.54) is 7.11 Å². The van der Waals surface area contributed by atoms with Crippen molar-refractivity contribution in [3.63, 3.8) is 0 Å². The lowest BCUT2D eigenvalue weighted by molar-refractivity contribution is -0.149. The smallest absolute Gasteiger partial charge is 0.326 e. The number of carbonyl (C=O) groups excluding carboxylic acids is 2. The van der Waals surface area contributed by atoms with Crippen molar-refractivity contribution >= 4 is 17.8 Å². The first-order valence-electron chi connectivity index (χ1n) is 6.79. The molecule has 7 heteroatoms. The Bertz CT molecular complexity index is 423. The summed E-state index contributed by atoms with van der Waals surface area (Å²) in [5.41, 5.74) is 6.04. The van der Waals surface area contributed by atoms with Crippen molar-refractivity contribution in [3.05, 3.63) is 0 Å². The molecule has 2 aliphatic carbocycles. The van der Waals surface area contributed by atoms with Crippen molar-refractivity contribution < 1.29 is 24.2 Å². The maximum Gasteiger partial charge on any atom is 0.326 e. The van der Waals surface area contributed by atoms with Crippen LogP contribution in [0.3, 0.4) is 0 Å². The third kappa shape index (κ3) is 2.77. The van der Waals surface area contributed by atoms with Gasteiger partial charge < -0.3 is 20.9 Å². The molecule has 1 amide bonds. The van der Waals surface area contributed by atoms with Crippen molar-refractivity contribution in [2.24, 2.45) is 23.5 Å². The quantitative estimate of drug-likeness (QED) is 0.585. The van der Waals surface area contributed by atoms with E-state index in [1.807, 2.05) is 0 Å². The average Bonchev–Trinajstić information content (AvgIpc) is 2.97. The summed E-state index contributed by atoms with van der Waals surface area (Å²) in [6.45, 7) is 0. The fraction of sp³-hybridized carbons (Fsp3) is 0.769. The lowest BCUT2D eigenvalue weighted by Gasteiger charge is -2.28. The number of esters is 1. The fourth-order valence-corrected chi connectivity index (χ4v) is 3.44. The van der Waals surface area contributed by atoms with Crippen LogP contribution in [0.5, 0.6) is 0 Å². The number of nitrogens with one attached hydrogen (secondary N) is 1. The van der Waals surface area contributed by atoms with Crippen molar-refractivity contribution in [2.45, 2.75) is 37.8 Å². The Morgan fingerprint density at radius 1 is 1.35 bits per heavy atom. The standard InChI is InChI=1S/C13H20N2O5/c1-20-9(16)5-8(13(18)19)15-12(17)10-6-2-3-7(4-6)11(10)14/h6-8,10-11H,2-5,14H2,1H3,(H,15,17)(H,18,19)/t6?,7?,8-,10?,11?/m0/s1. The van der Waals surface area contributed by atoms with Crippen LogP contribution in [0.4, 0.5) is 0 Å². The largest absolute Gasteiger partial charge is 0.480 e. The molecule has 4 N–H and O–H groups in total. The van der Waals surface area contributed by atoms with Gasteiger partial charge in [-0.15, -0.1) is 0 Å². The van der Waals surface area contributed by atoms with Crippen LogP contribution in [0, 0.1) is 17.8 Å². The number of rotatable bonds is 5. The van der Waals surface area contributed by atoms with E-state index in [4.69, 9.17) is 10.8 Å². The third-order valence-corrected chi connectivity index (χ3v) is 4.50. The lowest BCUT2D eigenvalue weighted by atomic mass is 9.84. The van der Waals surface area contributed by atoms with Gasteiger partial charge in [0.2, 0.25) is 5.91 Å². The van der Waals surface area contributed by atoms with Crippen molar-refractivity contribution in [2.75, 3.05) is 7.11 Å². The van der Waals surface area contributed by atoms with E-state index >= 15 is 0 Å². The second-order valence-corrected chi connectivity index (χ2v) is 5.62. The molecule has 0 saturated heterocycles. The predicted molar refractivity (Wildman–Crippen MR) is 68.5 cm³/mol. The minimum absolute atomic E-state index is 0.207. The molecule has 2 aliphatic rings. The maximum absolute atomic E-state index is 12.2. The van der Waals surface area contributed by atoms with E-state index in [9.17, 15) is 14.4 Å². The SMILES string of the molecule is COC(=O)C[C@H](NC(=O)C1C2CCC(C2)C1N)C(=O)O. The van der Waals surface area contributed by atoms with Gasteiger partial charge in [-0.1, -0.05) is 0 Å². The lowest BCUT2D eigenvalue weighted by Crippen LogP contribution is -2.50. The number of ether oxygens (including phenoxy) is 1. The Hall–Kier alpha value is -1.63. The number of carboxylic acids is 1. The first-order valence-corrected chi connectivity index (χ1v) is 6.79. The molecule has 0 aromatic carbocycles. The van der Waals surface area contributed by atoms with E-state index in [0.717, 1.165) is 19.3 Å². The monoisotopic (exact) mass is 284 g/mol. The number of carbonyl (C=O) groups is 3. The van der Waals surface area contributed by atoms with E-state index in [-0.39, 0.29) is 30.2 Å². The van der Waals surface area contributed by atoms with Crippen LogP contribution in [0.2, 0.25) is 0 Å². The van der Waals surface area contributed by atoms with Gasteiger partial charge in [0.05, 0.1) is 19.4 Å². The third-order valence-electron chi connectivity index (χ3n) is 4.50. The first kappa shape index (κ1) is 14.8. The van der Waals surface area contributed by atoms with E-state index in [2.05, 4.69) is 10.1 Å². The number of hydrogen-bond acceptors (Lipinski definition) is 5. The normalized spacial score (nSPS) is 32.7. The molecular weight excluding hydrogens is 264 g/mol. The van der Waals surface area contributed by atoms with Gasteiger partial charge in [0, 0.05) is 6.04 Å². The minimum atomic E-state index is -1.26. The van der Waals surface area contributed by atoms with Gasteiger partial charge in [0.25, 0.3) is 0 Å². The number of nitrogens with two attached hydrogens (primary N) is 1. The number of amides is 1. The first-order chi connectivity index (χ1) is 9.43. The molecule has 7 nitrogen and oxygen atoms in total. The second kappa shape index (κ2) is 5.78. The van der Waals surface area contributed by atoms with Gasteiger partial charge in [-0.25, -0.2) is 4.79 Å². The molecule has 0 radical (unpaired) electrons. The Kier molecular flexibility index (Phi) is 4.27. The highest BCUT2D eigenvalue weighted by atomic mass is 16.5. The Morgan fingerprint density at radius 2 is 2.00 bits per heavy atom. The molecule has 0 spiro atoms. The highest BCUT2D eigenvalue weighted by Gasteiger charge is 2.49. The highest BCUT2D eigenvalue weighted by Crippen LogP contribution is 2.47. The van der Waals surface area contributed by atoms with Crippen LogP contribution >= 0.6 is 0 Å². The Morgan fingerprint density at radius 3 is 2.50 bits per heavy atom. The van der Waals surface area contributed by atoms with E-state index < -0.39 is 18.0 Å². The molecule has 2 bridgehead atoms. The summed E-state index contributed by atoms with van der Waals surface area (Å²) in [5.74, 6) is -2.02. The zero-order valence-corrected chi connectivity index (χ0v) is 11.4. The summed E-state index contributed by atoms with van der Waals surface area (Å²) in [6, 6.07) is -1.47. The van der Waals surface area contributed by atoms with Crippen LogP contribution in [0.1, 0.15) is 25.7 Å². The summed E-state index contributed by atoms with van der Waals surface area (Å²) in [4.78, 5) is 34.5. The van der Waals surface area contributed by atoms with E-state index in [1.54, 1.807) is 0 Å². The van der Waals surface area contributed by atoms with Crippen LogP contribution in [0.25, 0.3) is 0 Å². The van der Waals surface area contributed by atoms with Crippen molar-refractivity contribution in [1.82, 2.24) is 5.32 Å². The summed E-state index contributed by atoms with van der Waals surface area (Å²) in [6.07, 6.45) is 2.56. The molecule has 0 heterocycles. The minimum Gasteiger partial charge on any atom is -0.480 e. The number of methoxy groups -OCH3 is 1. The van der Waals surface area contributed by atoms with Crippen LogP contribution < -0.4 is 11.1 Å². The molecule has 0 aromatic heterocycles. The summed E-state index contributed by atoms with van der Waals surface area (Å²) < 4.78 is 4.43. The van der Waals surface area contributed by atoms with Gasteiger partial charge in [-0.05, 0) is 31.1 Å². The van der Waals surface area contributed by atoms with E-state index in [0.29, 0.717) is 5.92 Å². The molecule has 2 rings (SSSR count). The van der Waals surface area contributed by atoms with Gasteiger partial charge in [0.1, 0.15) is 6.04 Å². The molecule has 2 fully saturated rings. The fourth-order valence-electron chi connectivity index (χ4n) is 3.44. The highest BCUT2D eigenvalue weighted by molar-refractivity contribution is 5.88. The zero-order valence-electron chi connectivity index (χ0n) is 11.4. The van der Waals surface area contributed by atoms with Crippen LogP contribution in [-0.2, 0) is 19.1 Å². The Labute approximate surface area is 116 Å². The van der Waals surface area contributed by atoms with Crippen LogP contribution in [0.15, 0.2) is 0 Å². The zero-order chi connectivity index (χ0) is 14.9. The van der Waals surface area contributed by atoms with Crippen molar-refractivity contribution in [1.29, 1.82) is 0 Å². The predicted octanol–water partition coefficient (Wildman–Crippen LogP) is -0.508. The molecule has 5 atom stereocenters. The molecular formula is C13H20N2O5.